The second-order valence-electron chi connectivity index (χ2n) is 19.7. The molecule has 0 aliphatic rings. The summed E-state index contributed by atoms with van der Waals surface area (Å²) in [7, 11) is 1.11. The van der Waals surface area contributed by atoms with Crippen molar-refractivity contribution in [3.05, 3.63) is 97.1 Å². The van der Waals surface area contributed by atoms with E-state index < -0.39 is 8.32 Å². The summed E-state index contributed by atoms with van der Waals surface area (Å²) in [6.45, 7) is 10.1. The molecule has 63 heavy (non-hydrogen) atoms. The van der Waals surface area contributed by atoms with Crippen LogP contribution in [0.2, 0.25) is 5.04 Å². The van der Waals surface area contributed by atoms with Gasteiger partial charge in [0, 0.05) is 6.42 Å². The minimum Gasteiger partial charge on any atom is -0.462 e. The maximum Gasteiger partial charge on any atom is 0.306 e. The van der Waals surface area contributed by atoms with E-state index in [1.165, 1.54) is 122 Å². The van der Waals surface area contributed by atoms with Crippen molar-refractivity contribution in [1.82, 2.24) is 4.90 Å². The molecule has 0 saturated heterocycles. The van der Waals surface area contributed by atoms with Crippen molar-refractivity contribution in [2.75, 3.05) is 20.6 Å². The number of hydrogen-bond donors (Lipinski definition) is 1. The van der Waals surface area contributed by atoms with Crippen molar-refractivity contribution in [3.8, 4) is 0 Å². The maximum absolute atomic E-state index is 12.8. The van der Waals surface area contributed by atoms with Crippen molar-refractivity contribution >= 4 is 24.7 Å². The second kappa shape index (κ2) is 36.5. The summed E-state index contributed by atoms with van der Waals surface area (Å²) in [5.74, 6) is 0.560. The van der Waals surface area contributed by atoms with E-state index in [2.05, 4.69) is 144 Å². The number of unbranched alkanes of at least 4 members (excludes halogenated alkanes) is 17. The van der Waals surface area contributed by atoms with Crippen molar-refractivity contribution in [1.29, 1.82) is 0 Å². The van der Waals surface area contributed by atoms with Gasteiger partial charge in [-0.3, -0.25) is 4.79 Å². The van der Waals surface area contributed by atoms with Gasteiger partial charge < -0.3 is 14.4 Å². The monoisotopic (exact) mass is 884 g/mol. The molecular formula is C58H97NO3Si. The van der Waals surface area contributed by atoms with Crippen LogP contribution in [0.15, 0.2) is 97.1 Å². The largest absolute Gasteiger partial charge is 0.462 e. The fraction of sp³-hybridized carbons (Fsp3) is 0.672. The van der Waals surface area contributed by atoms with Crippen LogP contribution in [0.1, 0.15) is 214 Å². The molecule has 0 aromatic heterocycles. The topological polar surface area (TPSA) is 49.8 Å². The Bertz CT molecular complexity index is 1410. The molecule has 356 valence electrons. The van der Waals surface area contributed by atoms with Crippen molar-refractivity contribution in [2.24, 2.45) is 5.92 Å². The molecule has 0 spiro atoms. The number of allylic oxidation sites excluding steroid dienone is 6. The van der Waals surface area contributed by atoms with E-state index in [0.717, 1.165) is 74.7 Å². The van der Waals surface area contributed by atoms with Gasteiger partial charge in [0.1, 0.15) is 6.10 Å². The molecule has 0 bridgehead atoms. The van der Waals surface area contributed by atoms with Crippen LogP contribution >= 0.6 is 0 Å². The second-order valence-corrected chi connectivity index (χ2v) is 23.6. The molecule has 0 radical (unpaired) electrons. The molecule has 0 heterocycles. The lowest BCUT2D eigenvalue weighted by Gasteiger charge is -2.43. The number of benzene rings is 2. The van der Waals surface area contributed by atoms with Gasteiger partial charge in [-0.15, -0.1) is 0 Å². The zero-order valence-corrected chi connectivity index (χ0v) is 42.8. The number of rotatable bonds is 40. The summed E-state index contributed by atoms with van der Waals surface area (Å²) in [5, 5.41) is 2.01. The highest BCUT2D eigenvalue weighted by Gasteiger charge is 2.50. The molecule has 5 heteroatoms. The van der Waals surface area contributed by atoms with E-state index in [-0.39, 0.29) is 17.1 Å². The Morgan fingerprint density at radius 2 is 1.05 bits per heavy atom. The number of ether oxygens (including phenoxy) is 1. The van der Waals surface area contributed by atoms with Crippen molar-refractivity contribution < 1.29 is 14.3 Å². The molecular weight excluding hydrogens is 787 g/mol. The van der Waals surface area contributed by atoms with Crippen LogP contribution in [0, 0.1) is 5.92 Å². The molecule has 1 N–H and O–H groups in total. The summed E-state index contributed by atoms with van der Waals surface area (Å²) in [6, 6.07) is 21.0. The van der Waals surface area contributed by atoms with Crippen LogP contribution in [0.3, 0.4) is 0 Å². The Morgan fingerprint density at radius 3 is 1.56 bits per heavy atom. The molecule has 0 aliphatic heterocycles. The highest BCUT2D eigenvalue weighted by atomic mass is 28.4. The molecule has 2 atom stereocenters. The molecule has 2 rings (SSSR count). The Hall–Kier alpha value is -2.73. The summed E-state index contributed by atoms with van der Waals surface area (Å²) in [6.07, 6.45) is 48.5. The number of nitrogens with zero attached hydrogens (tertiary/aromatic N) is 1. The van der Waals surface area contributed by atoms with Gasteiger partial charge in [-0.05, 0) is 132 Å². The molecule has 1 unspecified atom stereocenters. The lowest BCUT2D eigenvalue weighted by molar-refractivity contribution is -0.150. The SMILES string of the molecule is CCCCC/C=C\C/C=C\CCCCCCCCC(CCCCCCCC/C=C\C[C@@H](CCCCC)CC(C)(C)[Si](O)(c1ccccc1)c1ccccc1)OC(=O)CCCN(C)C. The van der Waals surface area contributed by atoms with Crippen LogP contribution in [-0.2, 0) is 9.53 Å². The Balaban J connectivity index is 1.72. The van der Waals surface area contributed by atoms with E-state index in [0.29, 0.717) is 12.3 Å². The Labute approximate surface area is 391 Å². The first-order valence-corrected chi connectivity index (χ1v) is 28.2. The average molecular weight is 885 g/mol. The first-order valence-electron chi connectivity index (χ1n) is 26.3. The quantitative estimate of drug-likeness (QED) is 0.0314. The smallest absolute Gasteiger partial charge is 0.306 e. The van der Waals surface area contributed by atoms with Crippen LogP contribution in [0.5, 0.6) is 0 Å². The minimum absolute atomic E-state index is 0.00587. The predicted molar refractivity (Wildman–Crippen MR) is 279 cm³/mol. The maximum atomic E-state index is 12.8. The van der Waals surface area contributed by atoms with Gasteiger partial charge in [0.15, 0.2) is 0 Å². The number of esters is 1. The molecule has 0 saturated carbocycles. The first-order chi connectivity index (χ1) is 30.6. The fourth-order valence-corrected chi connectivity index (χ4v) is 13.1. The van der Waals surface area contributed by atoms with Crippen LogP contribution in [0.25, 0.3) is 0 Å². The zero-order chi connectivity index (χ0) is 45.7. The van der Waals surface area contributed by atoms with Crippen LogP contribution in [-0.4, -0.2) is 50.7 Å². The van der Waals surface area contributed by atoms with Gasteiger partial charge in [0.25, 0.3) is 8.32 Å². The summed E-state index contributed by atoms with van der Waals surface area (Å²) in [5.41, 5.74) is 0. The van der Waals surface area contributed by atoms with Crippen LogP contribution in [0.4, 0.5) is 0 Å². The molecule has 4 nitrogen and oxygen atoms in total. The highest BCUT2D eigenvalue weighted by molar-refractivity contribution is 6.98. The van der Waals surface area contributed by atoms with Crippen LogP contribution < -0.4 is 10.4 Å². The summed E-state index contributed by atoms with van der Waals surface area (Å²) in [4.78, 5) is 27.6. The minimum atomic E-state index is -3.01. The lowest BCUT2D eigenvalue weighted by atomic mass is 9.88. The lowest BCUT2D eigenvalue weighted by Crippen LogP contribution is -2.65. The standard InChI is InChI=1S/C58H97NO3Si/c1-7-9-11-12-13-14-15-16-17-18-19-20-23-26-29-35-44-54(62-57(60)50-41-51-59(5)6)45-36-30-27-24-21-22-25-28-34-43-53(42-33-10-8-2)52-58(3,4)63(61,55-46-37-31-38-47-55)56-48-39-32-40-49-56/h13-14,16-17,28,31-32,34,37-40,46-49,53-54,61H,7-12,15,18-27,29-30,33,35-36,41-45,50-52H2,1-6H3/b14-13-,17-16-,34-28-/t53-,54?/m1/s1. The number of carbonyl (C=O) groups excluding carboxylic acids is 1. The zero-order valence-electron chi connectivity index (χ0n) is 41.8. The van der Waals surface area contributed by atoms with Gasteiger partial charge in [-0.25, -0.2) is 0 Å². The van der Waals surface area contributed by atoms with Gasteiger partial charge in [0.05, 0.1) is 0 Å². The normalized spacial score (nSPS) is 13.5. The Kier molecular flexibility index (Phi) is 32.7. The van der Waals surface area contributed by atoms with Gasteiger partial charge in [-0.2, -0.15) is 0 Å². The van der Waals surface area contributed by atoms with Gasteiger partial charge in [-0.1, -0.05) is 215 Å². The van der Waals surface area contributed by atoms with E-state index in [1.54, 1.807) is 0 Å². The fourth-order valence-electron chi connectivity index (χ4n) is 9.32. The average Bonchev–Trinajstić information content (AvgIpc) is 3.27. The van der Waals surface area contributed by atoms with E-state index in [4.69, 9.17) is 4.74 Å². The summed E-state index contributed by atoms with van der Waals surface area (Å²) >= 11 is 0. The third kappa shape index (κ3) is 26.1. The van der Waals surface area contributed by atoms with E-state index >= 15 is 0 Å². The van der Waals surface area contributed by atoms with E-state index in [1.807, 2.05) is 0 Å². The summed E-state index contributed by atoms with van der Waals surface area (Å²) < 4.78 is 6.08. The number of hydrogen-bond acceptors (Lipinski definition) is 4. The van der Waals surface area contributed by atoms with Crippen molar-refractivity contribution in [2.45, 2.75) is 225 Å². The van der Waals surface area contributed by atoms with Gasteiger partial charge in [0.2, 0.25) is 0 Å². The first kappa shape index (κ1) is 56.4. The van der Waals surface area contributed by atoms with Gasteiger partial charge >= 0.3 is 5.97 Å². The molecule has 2 aromatic carbocycles. The predicted octanol–water partition coefficient (Wildman–Crippen LogP) is 15.6. The molecule has 2 aromatic rings. The highest BCUT2D eigenvalue weighted by Crippen LogP contribution is 2.43. The molecule has 0 aliphatic carbocycles. The number of carbonyl (C=O) groups is 1. The molecule has 0 fully saturated rings. The van der Waals surface area contributed by atoms with Crippen molar-refractivity contribution in [3.63, 3.8) is 0 Å². The van der Waals surface area contributed by atoms with E-state index in [9.17, 15) is 9.59 Å². The third-order valence-electron chi connectivity index (χ3n) is 13.2. The Morgan fingerprint density at radius 1 is 0.603 bits per heavy atom. The molecule has 0 amide bonds. The third-order valence-corrected chi connectivity index (χ3v) is 17.7.